The van der Waals surface area contributed by atoms with E-state index in [1.807, 2.05) is 0 Å². The van der Waals surface area contributed by atoms with Crippen LogP contribution in [0.15, 0.2) is 42.5 Å². The number of anilines is 1. The summed E-state index contributed by atoms with van der Waals surface area (Å²) < 4.78 is 10.2. The normalized spacial score (nSPS) is 12.6. The van der Waals surface area contributed by atoms with Crippen LogP contribution in [0, 0.1) is 0 Å². The van der Waals surface area contributed by atoms with Crippen LogP contribution in [0.5, 0.6) is 11.5 Å². The van der Waals surface area contributed by atoms with Crippen molar-refractivity contribution in [3.05, 3.63) is 53.6 Å². The third kappa shape index (κ3) is 3.35. The molecule has 0 spiro atoms. The summed E-state index contributed by atoms with van der Waals surface area (Å²) in [4.78, 5) is 35.3. The van der Waals surface area contributed by atoms with E-state index in [-0.39, 0.29) is 29.4 Å². The number of carbonyl (C=O) groups excluding carboxylic acids is 3. The first kappa shape index (κ1) is 15.5. The van der Waals surface area contributed by atoms with Gasteiger partial charge in [-0.1, -0.05) is 6.07 Å². The molecular weight excluding hydrogens is 314 g/mol. The Hall–Kier alpha value is -3.35. The second kappa shape index (κ2) is 6.41. The quantitative estimate of drug-likeness (QED) is 0.655. The van der Waals surface area contributed by atoms with E-state index in [1.165, 1.54) is 36.4 Å². The van der Waals surface area contributed by atoms with Gasteiger partial charge < -0.3 is 19.9 Å². The summed E-state index contributed by atoms with van der Waals surface area (Å²) in [5.74, 6) is -1.04. The minimum absolute atomic E-state index is 0.0676. The molecule has 2 aromatic carbocycles. The van der Waals surface area contributed by atoms with E-state index in [0.717, 1.165) is 0 Å². The highest BCUT2D eigenvalue weighted by atomic mass is 16.5. The number of aromatic hydroxyl groups is 1. The lowest BCUT2D eigenvalue weighted by atomic mass is 10.1. The minimum atomic E-state index is -0.714. The van der Waals surface area contributed by atoms with Crippen molar-refractivity contribution in [2.75, 3.05) is 18.5 Å². The average molecular weight is 327 g/mol. The van der Waals surface area contributed by atoms with Crippen LogP contribution in [0.2, 0.25) is 0 Å². The molecule has 24 heavy (non-hydrogen) atoms. The molecule has 3 rings (SSSR count). The molecule has 122 valence electrons. The Kier molecular flexibility index (Phi) is 4.15. The third-order valence-corrected chi connectivity index (χ3v) is 3.35. The summed E-state index contributed by atoms with van der Waals surface area (Å²) in [5, 5.41) is 11.9. The van der Waals surface area contributed by atoms with E-state index in [4.69, 9.17) is 9.47 Å². The van der Waals surface area contributed by atoms with Crippen LogP contribution in [0.1, 0.15) is 20.7 Å². The van der Waals surface area contributed by atoms with Gasteiger partial charge in [-0.25, -0.2) is 4.79 Å². The van der Waals surface area contributed by atoms with E-state index in [0.29, 0.717) is 11.4 Å². The van der Waals surface area contributed by atoms with Gasteiger partial charge in [0.15, 0.2) is 19.0 Å². The Bertz CT molecular complexity index is 830. The Morgan fingerprint density at radius 1 is 1.17 bits per heavy atom. The molecule has 0 unspecified atom stereocenters. The summed E-state index contributed by atoms with van der Waals surface area (Å²) in [6.45, 7) is -0.524. The van der Waals surface area contributed by atoms with E-state index in [1.54, 1.807) is 6.07 Å². The number of Topliss-reactive ketones (excluding diaryl/α,β-unsaturated/α-hetero) is 1. The topological polar surface area (TPSA) is 102 Å². The molecule has 0 atom stereocenters. The van der Waals surface area contributed by atoms with Gasteiger partial charge in [-0.05, 0) is 36.4 Å². The third-order valence-electron chi connectivity index (χ3n) is 3.35. The van der Waals surface area contributed by atoms with Gasteiger partial charge in [-0.2, -0.15) is 0 Å². The SMILES string of the molecule is O=C1COc2ccc(C(=O)COC(=O)c3cccc(O)c3)cc2N1. The Morgan fingerprint density at radius 3 is 2.79 bits per heavy atom. The fraction of sp³-hybridized carbons (Fsp3) is 0.118. The molecule has 0 bridgehead atoms. The molecule has 1 aliphatic rings. The zero-order valence-electron chi connectivity index (χ0n) is 12.4. The van der Waals surface area contributed by atoms with Gasteiger partial charge in [0, 0.05) is 5.56 Å². The Morgan fingerprint density at radius 2 is 2.00 bits per heavy atom. The number of hydrogen-bond donors (Lipinski definition) is 2. The number of ketones is 1. The highest BCUT2D eigenvalue weighted by molar-refractivity contribution is 6.02. The van der Waals surface area contributed by atoms with Crippen LogP contribution in [0.3, 0.4) is 0 Å². The number of amides is 1. The van der Waals surface area contributed by atoms with E-state index in [2.05, 4.69) is 5.32 Å². The number of ether oxygens (including phenoxy) is 2. The number of esters is 1. The van der Waals surface area contributed by atoms with Gasteiger partial charge in [-0.3, -0.25) is 9.59 Å². The summed E-state index contributed by atoms with van der Waals surface area (Å²) in [5.41, 5.74) is 0.827. The van der Waals surface area contributed by atoms with Gasteiger partial charge in [0.25, 0.3) is 5.91 Å². The monoisotopic (exact) mass is 327 g/mol. The maximum atomic E-state index is 12.1. The van der Waals surface area contributed by atoms with Gasteiger partial charge in [0.1, 0.15) is 11.5 Å². The van der Waals surface area contributed by atoms with Crippen molar-refractivity contribution in [2.45, 2.75) is 0 Å². The summed E-state index contributed by atoms with van der Waals surface area (Å²) in [7, 11) is 0. The summed E-state index contributed by atoms with van der Waals surface area (Å²) >= 11 is 0. The van der Waals surface area contributed by atoms with Crippen molar-refractivity contribution < 1.29 is 29.0 Å². The molecule has 7 heteroatoms. The molecule has 1 heterocycles. The maximum Gasteiger partial charge on any atom is 0.338 e. The van der Waals surface area contributed by atoms with Crippen LogP contribution in [-0.2, 0) is 9.53 Å². The predicted molar refractivity (Wildman–Crippen MR) is 83.3 cm³/mol. The van der Waals surface area contributed by atoms with Crippen LogP contribution in [0.25, 0.3) is 0 Å². The predicted octanol–water partition coefficient (Wildman–Crippen LogP) is 1.76. The average Bonchev–Trinajstić information content (AvgIpc) is 2.58. The first-order valence-corrected chi connectivity index (χ1v) is 7.09. The largest absolute Gasteiger partial charge is 0.508 e. The van der Waals surface area contributed by atoms with E-state index >= 15 is 0 Å². The molecule has 0 saturated carbocycles. The van der Waals surface area contributed by atoms with Crippen molar-refractivity contribution in [1.82, 2.24) is 0 Å². The van der Waals surface area contributed by atoms with Gasteiger partial charge >= 0.3 is 5.97 Å². The number of carbonyl (C=O) groups is 3. The molecule has 2 N–H and O–H groups in total. The molecule has 0 aliphatic carbocycles. The van der Waals surface area contributed by atoms with E-state index < -0.39 is 18.4 Å². The standard InChI is InChI=1S/C17H13NO6/c19-12-3-1-2-11(6-12)17(22)24-8-14(20)10-4-5-15-13(7-10)18-16(21)9-23-15/h1-7,19H,8-9H2,(H,18,21). The van der Waals surface area contributed by atoms with Crippen molar-refractivity contribution in [1.29, 1.82) is 0 Å². The number of rotatable bonds is 4. The molecule has 2 aromatic rings. The van der Waals surface area contributed by atoms with E-state index in [9.17, 15) is 19.5 Å². The minimum Gasteiger partial charge on any atom is -0.508 e. The molecule has 0 aromatic heterocycles. The van der Waals surface area contributed by atoms with Crippen LogP contribution in [-0.4, -0.2) is 36.0 Å². The van der Waals surface area contributed by atoms with Gasteiger partial charge in [0.05, 0.1) is 11.3 Å². The van der Waals surface area contributed by atoms with Crippen LogP contribution >= 0.6 is 0 Å². The first-order valence-electron chi connectivity index (χ1n) is 7.09. The number of phenols is 1. The zero-order chi connectivity index (χ0) is 17.1. The lowest BCUT2D eigenvalue weighted by molar-refractivity contribution is -0.118. The second-order valence-corrected chi connectivity index (χ2v) is 5.10. The molecular formula is C17H13NO6. The van der Waals surface area contributed by atoms with Gasteiger partial charge in [0.2, 0.25) is 0 Å². The van der Waals surface area contributed by atoms with Gasteiger partial charge in [-0.15, -0.1) is 0 Å². The first-order chi connectivity index (χ1) is 11.5. The fourth-order valence-electron chi connectivity index (χ4n) is 2.19. The summed E-state index contributed by atoms with van der Waals surface area (Å²) in [6, 6.07) is 10.2. The van der Waals surface area contributed by atoms with Crippen molar-refractivity contribution in [3.8, 4) is 11.5 Å². The number of nitrogens with one attached hydrogen (secondary N) is 1. The smallest absolute Gasteiger partial charge is 0.338 e. The zero-order valence-corrected chi connectivity index (χ0v) is 12.4. The molecule has 7 nitrogen and oxygen atoms in total. The van der Waals surface area contributed by atoms with Crippen LogP contribution < -0.4 is 10.1 Å². The molecule has 0 fully saturated rings. The van der Waals surface area contributed by atoms with Crippen molar-refractivity contribution in [2.24, 2.45) is 0 Å². The lowest BCUT2D eigenvalue weighted by Gasteiger charge is -2.18. The maximum absolute atomic E-state index is 12.1. The lowest BCUT2D eigenvalue weighted by Crippen LogP contribution is -2.25. The molecule has 1 aliphatic heterocycles. The molecule has 1 amide bonds. The second-order valence-electron chi connectivity index (χ2n) is 5.10. The number of benzene rings is 2. The molecule has 0 radical (unpaired) electrons. The Labute approximate surface area is 136 Å². The highest BCUT2D eigenvalue weighted by Gasteiger charge is 2.18. The fourth-order valence-corrected chi connectivity index (χ4v) is 2.19. The number of hydrogen-bond acceptors (Lipinski definition) is 6. The van der Waals surface area contributed by atoms with Crippen molar-refractivity contribution in [3.63, 3.8) is 0 Å². The van der Waals surface area contributed by atoms with Crippen molar-refractivity contribution >= 4 is 23.3 Å². The number of phenolic OH excluding ortho intramolecular Hbond substituents is 1. The highest BCUT2D eigenvalue weighted by Crippen LogP contribution is 2.28. The van der Waals surface area contributed by atoms with Crippen LogP contribution in [0.4, 0.5) is 5.69 Å². The summed E-state index contributed by atoms with van der Waals surface area (Å²) in [6.07, 6.45) is 0. The Balaban J connectivity index is 1.66. The molecule has 0 saturated heterocycles. The number of fused-ring (bicyclic) bond motifs is 1.